The average Bonchev–Trinajstić information content (AvgIpc) is 2.81. The second-order valence-corrected chi connectivity index (χ2v) is 7.62. The summed E-state index contributed by atoms with van der Waals surface area (Å²) in [7, 11) is 1.58. The predicted molar refractivity (Wildman–Crippen MR) is 123 cm³/mol. The van der Waals surface area contributed by atoms with Gasteiger partial charge in [0.2, 0.25) is 0 Å². The molecule has 3 rings (SSSR count). The summed E-state index contributed by atoms with van der Waals surface area (Å²) >= 11 is 3.42. The van der Waals surface area contributed by atoms with Crippen molar-refractivity contribution in [2.45, 2.75) is 13.2 Å². The molecule has 0 atom stereocenters. The third kappa shape index (κ3) is 6.19. The first-order valence-electron chi connectivity index (χ1n) is 9.69. The Bertz CT molecular complexity index is 1170. The van der Waals surface area contributed by atoms with Crippen LogP contribution in [0.1, 0.15) is 16.7 Å². The van der Waals surface area contributed by atoms with Gasteiger partial charge in [0.15, 0.2) is 0 Å². The summed E-state index contributed by atoms with van der Waals surface area (Å²) in [6.45, 7) is 0.367. The zero-order valence-electron chi connectivity index (χ0n) is 17.3. The molecule has 0 fully saturated rings. The lowest BCUT2D eigenvalue weighted by Crippen LogP contribution is -2.23. The van der Waals surface area contributed by atoms with Crippen molar-refractivity contribution in [2.24, 2.45) is 0 Å². The second kappa shape index (κ2) is 11.1. The maximum atomic E-state index is 13.7. The number of carbonyl (C=O) groups is 1. The Labute approximate surface area is 194 Å². The number of ether oxygens (including phenoxy) is 2. The number of nitriles is 1. The van der Waals surface area contributed by atoms with Crippen LogP contribution < -0.4 is 14.8 Å². The van der Waals surface area contributed by atoms with E-state index in [0.29, 0.717) is 21.3 Å². The molecule has 3 aromatic rings. The highest BCUT2D eigenvalue weighted by Gasteiger charge is 2.10. The van der Waals surface area contributed by atoms with Gasteiger partial charge in [-0.2, -0.15) is 5.26 Å². The van der Waals surface area contributed by atoms with E-state index in [1.54, 1.807) is 55.6 Å². The van der Waals surface area contributed by atoms with Crippen molar-refractivity contribution in [3.8, 4) is 17.6 Å². The monoisotopic (exact) mass is 494 g/mol. The molecule has 0 saturated heterocycles. The van der Waals surface area contributed by atoms with Gasteiger partial charge in [0.25, 0.3) is 5.91 Å². The van der Waals surface area contributed by atoms with Gasteiger partial charge in [0.1, 0.15) is 35.6 Å². The molecule has 0 bridgehead atoms. The standard InChI is InChI=1S/C25H20BrFN2O3/c1-31-21-9-6-17(7-10-21)15-29-25(30)20(14-28)12-18-8-11-24(22(26)13-18)32-16-19-4-2-3-5-23(19)27/h2-13H,15-16H2,1H3,(H,29,30)/b20-12+. The molecule has 0 heterocycles. The molecule has 0 saturated carbocycles. The van der Waals surface area contributed by atoms with Gasteiger partial charge in [-0.05, 0) is 63.5 Å². The number of benzene rings is 3. The molecule has 0 aliphatic heterocycles. The van der Waals surface area contributed by atoms with Gasteiger partial charge in [-0.1, -0.05) is 36.4 Å². The van der Waals surface area contributed by atoms with E-state index in [0.717, 1.165) is 11.3 Å². The van der Waals surface area contributed by atoms with E-state index in [4.69, 9.17) is 9.47 Å². The molecule has 5 nitrogen and oxygen atoms in total. The van der Waals surface area contributed by atoms with E-state index >= 15 is 0 Å². The lowest BCUT2D eigenvalue weighted by atomic mass is 10.1. The van der Waals surface area contributed by atoms with Gasteiger partial charge in [-0.3, -0.25) is 4.79 Å². The van der Waals surface area contributed by atoms with E-state index < -0.39 is 5.91 Å². The van der Waals surface area contributed by atoms with Crippen molar-refractivity contribution in [2.75, 3.05) is 7.11 Å². The van der Waals surface area contributed by atoms with Crippen LogP contribution in [0.3, 0.4) is 0 Å². The summed E-state index contributed by atoms with van der Waals surface area (Å²) in [5.41, 5.74) is 1.95. The third-order valence-corrected chi connectivity index (χ3v) is 5.20. The van der Waals surface area contributed by atoms with Crippen LogP contribution in [-0.4, -0.2) is 13.0 Å². The van der Waals surface area contributed by atoms with Gasteiger partial charge >= 0.3 is 0 Å². The molecule has 1 amide bonds. The fourth-order valence-electron chi connectivity index (χ4n) is 2.83. The first-order chi connectivity index (χ1) is 15.5. The Balaban J connectivity index is 1.64. The maximum absolute atomic E-state index is 13.7. The van der Waals surface area contributed by atoms with Crippen LogP contribution in [0, 0.1) is 17.1 Å². The molecule has 0 aliphatic carbocycles. The number of halogens is 2. The van der Waals surface area contributed by atoms with Crippen molar-refractivity contribution in [3.05, 3.63) is 99.3 Å². The molecular formula is C25H20BrFN2O3. The first-order valence-corrected chi connectivity index (χ1v) is 10.5. The maximum Gasteiger partial charge on any atom is 0.262 e. The number of hydrogen-bond acceptors (Lipinski definition) is 4. The minimum atomic E-state index is -0.473. The normalized spacial score (nSPS) is 10.9. The van der Waals surface area contributed by atoms with Crippen LogP contribution >= 0.6 is 15.9 Å². The number of nitrogens with zero attached hydrogens (tertiary/aromatic N) is 1. The highest BCUT2D eigenvalue weighted by atomic mass is 79.9. The van der Waals surface area contributed by atoms with Crippen molar-refractivity contribution in [3.63, 3.8) is 0 Å². The first kappa shape index (κ1) is 23.0. The van der Waals surface area contributed by atoms with Crippen molar-refractivity contribution in [1.29, 1.82) is 5.26 Å². The minimum absolute atomic E-state index is 0.0227. The molecule has 0 aromatic heterocycles. The van der Waals surface area contributed by atoms with Crippen molar-refractivity contribution < 1.29 is 18.7 Å². The Hall–Kier alpha value is -3.63. The number of carbonyl (C=O) groups excluding carboxylic acids is 1. The van der Waals surface area contributed by atoms with Crippen molar-refractivity contribution >= 4 is 27.9 Å². The molecule has 1 N–H and O–H groups in total. The number of rotatable bonds is 8. The molecule has 3 aromatic carbocycles. The summed E-state index contributed by atoms with van der Waals surface area (Å²) in [6, 6.07) is 20.8. The Kier molecular flexibility index (Phi) is 8.01. The van der Waals surface area contributed by atoms with Gasteiger partial charge in [-0.15, -0.1) is 0 Å². The number of amides is 1. The Morgan fingerprint density at radius 2 is 1.91 bits per heavy atom. The highest BCUT2D eigenvalue weighted by molar-refractivity contribution is 9.10. The summed E-state index contributed by atoms with van der Waals surface area (Å²) in [5, 5.41) is 12.2. The molecule has 32 heavy (non-hydrogen) atoms. The molecule has 0 spiro atoms. The molecule has 0 radical (unpaired) electrons. The fourth-order valence-corrected chi connectivity index (χ4v) is 3.34. The molecule has 0 unspecified atom stereocenters. The summed E-state index contributed by atoms with van der Waals surface area (Å²) in [6.07, 6.45) is 1.49. The lowest BCUT2D eigenvalue weighted by Gasteiger charge is -2.10. The van der Waals surface area contributed by atoms with Crippen LogP contribution in [0.25, 0.3) is 6.08 Å². The number of methoxy groups -OCH3 is 1. The highest BCUT2D eigenvalue weighted by Crippen LogP contribution is 2.28. The average molecular weight is 495 g/mol. The molecule has 7 heteroatoms. The smallest absolute Gasteiger partial charge is 0.262 e. The molecular weight excluding hydrogens is 475 g/mol. The van der Waals surface area contributed by atoms with E-state index in [2.05, 4.69) is 21.2 Å². The van der Waals surface area contributed by atoms with Crippen LogP contribution in [0.15, 0.2) is 76.8 Å². The largest absolute Gasteiger partial charge is 0.497 e. The molecule has 0 aliphatic rings. The fraction of sp³-hybridized carbons (Fsp3) is 0.120. The van der Waals surface area contributed by atoms with E-state index in [-0.39, 0.29) is 24.5 Å². The lowest BCUT2D eigenvalue weighted by molar-refractivity contribution is -0.117. The summed E-state index contributed by atoms with van der Waals surface area (Å²) in [4.78, 5) is 12.4. The van der Waals surface area contributed by atoms with Crippen LogP contribution in [-0.2, 0) is 17.9 Å². The zero-order chi connectivity index (χ0) is 22.9. The minimum Gasteiger partial charge on any atom is -0.497 e. The third-order valence-electron chi connectivity index (χ3n) is 4.59. The van der Waals surface area contributed by atoms with E-state index in [1.807, 2.05) is 18.2 Å². The Morgan fingerprint density at radius 1 is 1.16 bits per heavy atom. The van der Waals surface area contributed by atoms with Crippen LogP contribution in [0.4, 0.5) is 4.39 Å². The summed E-state index contributed by atoms with van der Waals surface area (Å²) < 4.78 is 25.2. The van der Waals surface area contributed by atoms with Gasteiger partial charge in [-0.25, -0.2) is 4.39 Å². The Morgan fingerprint density at radius 3 is 2.56 bits per heavy atom. The summed E-state index contributed by atoms with van der Waals surface area (Å²) in [5.74, 6) is 0.444. The SMILES string of the molecule is COc1ccc(CNC(=O)/C(C#N)=C/c2ccc(OCc3ccccc3F)c(Br)c2)cc1. The molecule has 162 valence electrons. The van der Waals surface area contributed by atoms with Crippen molar-refractivity contribution in [1.82, 2.24) is 5.32 Å². The van der Waals surface area contributed by atoms with Crippen LogP contribution in [0.5, 0.6) is 11.5 Å². The van der Waals surface area contributed by atoms with E-state index in [1.165, 1.54) is 12.1 Å². The van der Waals surface area contributed by atoms with Gasteiger partial charge in [0.05, 0.1) is 11.6 Å². The number of hydrogen-bond donors (Lipinski definition) is 1. The zero-order valence-corrected chi connectivity index (χ0v) is 18.9. The topological polar surface area (TPSA) is 71.3 Å². The van der Waals surface area contributed by atoms with E-state index in [9.17, 15) is 14.4 Å². The van der Waals surface area contributed by atoms with Gasteiger partial charge < -0.3 is 14.8 Å². The predicted octanol–water partition coefficient (Wildman–Crippen LogP) is 5.40. The van der Waals surface area contributed by atoms with Crippen LogP contribution in [0.2, 0.25) is 0 Å². The number of nitrogens with one attached hydrogen (secondary N) is 1. The van der Waals surface area contributed by atoms with Gasteiger partial charge in [0, 0.05) is 12.1 Å². The quantitative estimate of drug-likeness (QED) is 0.336. The second-order valence-electron chi connectivity index (χ2n) is 6.77.